The maximum atomic E-state index is 12.5. The molecule has 2 aromatic rings. The van der Waals surface area contributed by atoms with Crippen LogP contribution < -0.4 is 0 Å². The Balaban J connectivity index is 1.57. The van der Waals surface area contributed by atoms with Gasteiger partial charge in [-0.3, -0.25) is 4.79 Å². The second kappa shape index (κ2) is 7.42. The number of likely N-dealkylation sites (tertiary alicyclic amines) is 1. The van der Waals surface area contributed by atoms with Crippen LogP contribution in [0.1, 0.15) is 34.3 Å². The highest BCUT2D eigenvalue weighted by atomic mass is 16.5. The topological polar surface area (TPSA) is 29.5 Å². The van der Waals surface area contributed by atoms with Crippen molar-refractivity contribution in [3.8, 4) is 0 Å². The molecule has 1 saturated heterocycles. The summed E-state index contributed by atoms with van der Waals surface area (Å²) in [5, 5.41) is 0. The molecule has 0 N–H and O–H groups in total. The summed E-state index contributed by atoms with van der Waals surface area (Å²) in [4.78, 5) is 14.5. The van der Waals surface area contributed by atoms with Crippen LogP contribution in [0.2, 0.25) is 0 Å². The van der Waals surface area contributed by atoms with Crippen LogP contribution in [-0.2, 0) is 11.3 Å². The molecule has 0 radical (unpaired) electrons. The minimum absolute atomic E-state index is 0.106. The predicted octanol–water partition coefficient (Wildman–Crippen LogP) is 3.82. The smallest absolute Gasteiger partial charge is 0.253 e. The van der Waals surface area contributed by atoms with Crippen LogP contribution in [0.5, 0.6) is 0 Å². The van der Waals surface area contributed by atoms with Gasteiger partial charge in [-0.25, -0.2) is 0 Å². The Bertz CT molecular complexity index is 654. The molecular formula is C20H23NO2. The van der Waals surface area contributed by atoms with Crippen LogP contribution in [0.3, 0.4) is 0 Å². The van der Waals surface area contributed by atoms with Gasteiger partial charge in [0.25, 0.3) is 5.91 Å². The summed E-state index contributed by atoms with van der Waals surface area (Å²) in [7, 11) is 0. The molecule has 1 heterocycles. The first-order chi connectivity index (χ1) is 11.2. The molecule has 0 aliphatic carbocycles. The molecule has 0 unspecified atom stereocenters. The summed E-state index contributed by atoms with van der Waals surface area (Å²) in [6.45, 7) is 4.20. The number of nitrogens with zero attached hydrogens (tertiary/aromatic N) is 1. The Morgan fingerprint density at radius 1 is 1.17 bits per heavy atom. The predicted molar refractivity (Wildman–Crippen MR) is 91.3 cm³/mol. The maximum absolute atomic E-state index is 12.5. The van der Waals surface area contributed by atoms with Crippen LogP contribution in [0.25, 0.3) is 0 Å². The van der Waals surface area contributed by atoms with Gasteiger partial charge in [0, 0.05) is 18.7 Å². The van der Waals surface area contributed by atoms with E-state index in [9.17, 15) is 4.79 Å². The van der Waals surface area contributed by atoms with Crippen LogP contribution >= 0.6 is 0 Å². The zero-order chi connectivity index (χ0) is 16.1. The molecule has 0 aromatic heterocycles. The van der Waals surface area contributed by atoms with E-state index in [-0.39, 0.29) is 12.0 Å². The van der Waals surface area contributed by atoms with Gasteiger partial charge in [-0.15, -0.1) is 0 Å². The Labute approximate surface area is 137 Å². The van der Waals surface area contributed by atoms with E-state index >= 15 is 0 Å². The molecule has 1 aliphatic heterocycles. The number of hydrogen-bond donors (Lipinski definition) is 0. The summed E-state index contributed by atoms with van der Waals surface area (Å²) >= 11 is 0. The van der Waals surface area contributed by atoms with Gasteiger partial charge in [-0.2, -0.15) is 0 Å². The van der Waals surface area contributed by atoms with E-state index in [0.29, 0.717) is 13.2 Å². The zero-order valence-corrected chi connectivity index (χ0v) is 13.6. The lowest BCUT2D eigenvalue weighted by Gasteiger charge is -2.32. The Morgan fingerprint density at radius 3 is 2.78 bits per heavy atom. The number of amides is 1. The zero-order valence-electron chi connectivity index (χ0n) is 13.6. The minimum Gasteiger partial charge on any atom is -0.372 e. The Morgan fingerprint density at radius 2 is 2.00 bits per heavy atom. The molecule has 0 spiro atoms. The fourth-order valence-corrected chi connectivity index (χ4v) is 3.04. The summed E-state index contributed by atoms with van der Waals surface area (Å²) < 4.78 is 6.05. The lowest BCUT2D eigenvalue weighted by molar-refractivity contribution is -0.00673. The van der Waals surface area contributed by atoms with Crippen molar-refractivity contribution in [2.75, 3.05) is 13.1 Å². The van der Waals surface area contributed by atoms with Gasteiger partial charge >= 0.3 is 0 Å². The summed E-state index contributed by atoms with van der Waals surface area (Å²) in [5.74, 6) is 0.106. The van der Waals surface area contributed by atoms with E-state index in [1.165, 1.54) is 11.1 Å². The third-order valence-electron chi connectivity index (χ3n) is 4.25. The lowest BCUT2D eigenvalue weighted by atomic mass is 10.1. The molecule has 120 valence electrons. The largest absolute Gasteiger partial charge is 0.372 e. The number of benzene rings is 2. The van der Waals surface area contributed by atoms with Crippen molar-refractivity contribution in [2.24, 2.45) is 0 Å². The van der Waals surface area contributed by atoms with Crippen LogP contribution in [0.15, 0.2) is 54.6 Å². The van der Waals surface area contributed by atoms with Gasteiger partial charge in [0.1, 0.15) is 0 Å². The molecular weight excluding hydrogens is 286 g/mol. The molecule has 2 aromatic carbocycles. The van der Waals surface area contributed by atoms with E-state index in [1.807, 2.05) is 35.2 Å². The molecule has 1 aliphatic rings. The maximum Gasteiger partial charge on any atom is 0.253 e. The van der Waals surface area contributed by atoms with Gasteiger partial charge in [-0.1, -0.05) is 48.0 Å². The van der Waals surface area contributed by atoms with Crippen LogP contribution in [-0.4, -0.2) is 30.0 Å². The highest BCUT2D eigenvalue weighted by Gasteiger charge is 2.24. The van der Waals surface area contributed by atoms with Gasteiger partial charge in [0.2, 0.25) is 0 Å². The monoisotopic (exact) mass is 309 g/mol. The first-order valence-electron chi connectivity index (χ1n) is 8.24. The van der Waals surface area contributed by atoms with E-state index < -0.39 is 0 Å². The summed E-state index contributed by atoms with van der Waals surface area (Å²) in [5.41, 5.74) is 3.19. The molecule has 3 nitrogen and oxygen atoms in total. The highest BCUT2D eigenvalue weighted by Crippen LogP contribution is 2.18. The molecule has 1 amide bonds. The van der Waals surface area contributed by atoms with E-state index in [1.54, 1.807) is 0 Å². The van der Waals surface area contributed by atoms with Crippen molar-refractivity contribution >= 4 is 5.91 Å². The Hall–Kier alpha value is -2.13. The molecule has 3 rings (SSSR count). The quantitative estimate of drug-likeness (QED) is 0.859. The summed E-state index contributed by atoms with van der Waals surface area (Å²) in [6, 6.07) is 17.9. The van der Waals surface area contributed by atoms with Gasteiger partial charge in [-0.05, 0) is 37.5 Å². The van der Waals surface area contributed by atoms with Crippen molar-refractivity contribution in [3.63, 3.8) is 0 Å². The molecule has 3 heteroatoms. The van der Waals surface area contributed by atoms with E-state index in [0.717, 1.165) is 24.9 Å². The third kappa shape index (κ3) is 4.20. The number of aryl methyl sites for hydroxylation is 1. The average molecular weight is 309 g/mol. The highest BCUT2D eigenvalue weighted by molar-refractivity contribution is 5.94. The number of rotatable bonds is 4. The standard InChI is InChI=1S/C20H23NO2/c1-16-7-5-8-17(13-16)15-23-19-11-6-12-21(14-19)20(22)18-9-3-2-4-10-18/h2-5,7-10,13,19H,6,11-12,14-15H2,1H3/t19-/m0/s1. The lowest BCUT2D eigenvalue weighted by Crippen LogP contribution is -2.43. The van der Waals surface area contributed by atoms with Crippen LogP contribution in [0, 0.1) is 6.92 Å². The fraction of sp³-hybridized carbons (Fsp3) is 0.350. The van der Waals surface area contributed by atoms with E-state index in [4.69, 9.17) is 4.74 Å². The fourth-order valence-electron chi connectivity index (χ4n) is 3.04. The van der Waals surface area contributed by atoms with Crippen molar-refractivity contribution < 1.29 is 9.53 Å². The normalized spacial score (nSPS) is 18.0. The van der Waals surface area contributed by atoms with Crippen molar-refractivity contribution in [1.29, 1.82) is 0 Å². The molecule has 0 saturated carbocycles. The van der Waals surface area contributed by atoms with Gasteiger partial charge in [0.05, 0.1) is 12.7 Å². The number of hydrogen-bond acceptors (Lipinski definition) is 2. The molecule has 1 fully saturated rings. The minimum atomic E-state index is 0.106. The Kier molecular flexibility index (Phi) is 5.09. The second-order valence-corrected chi connectivity index (χ2v) is 6.18. The van der Waals surface area contributed by atoms with Gasteiger partial charge in [0.15, 0.2) is 0 Å². The molecule has 23 heavy (non-hydrogen) atoms. The number of carbonyl (C=O) groups excluding carboxylic acids is 1. The van der Waals surface area contributed by atoms with Crippen molar-refractivity contribution in [3.05, 3.63) is 71.3 Å². The number of piperidine rings is 1. The first kappa shape index (κ1) is 15.8. The van der Waals surface area contributed by atoms with Crippen LogP contribution in [0.4, 0.5) is 0 Å². The molecule has 1 atom stereocenters. The third-order valence-corrected chi connectivity index (χ3v) is 4.25. The van der Waals surface area contributed by atoms with Crippen molar-refractivity contribution in [2.45, 2.75) is 32.5 Å². The van der Waals surface area contributed by atoms with Crippen molar-refractivity contribution in [1.82, 2.24) is 4.90 Å². The SMILES string of the molecule is Cc1cccc(CO[C@H]2CCCN(C(=O)c3ccccc3)C2)c1. The first-order valence-corrected chi connectivity index (χ1v) is 8.24. The number of carbonyl (C=O) groups is 1. The van der Waals surface area contributed by atoms with Gasteiger partial charge < -0.3 is 9.64 Å². The second-order valence-electron chi connectivity index (χ2n) is 6.18. The average Bonchev–Trinajstić information content (AvgIpc) is 2.60. The number of ether oxygens (including phenoxy) is 1. The van der Waals surface area contributed by atoms with E-state index in [2.05, 4.69) is 31.2 Å². The molecule has 0 bridgehead atoms. The summed E-state index contributed by atoms with van der Waals surface area (Å²) in [6.07, 6.45) is 2.14.